The van der Waals surface area contributed by atoms with E-state index >= 15 is 0 Å². The number of non-ortho nitro benzene ring substituents is 1. The van der Waals surface area contributed by atoms with E-state index in [1.807, 2.05) is 0 Å². The van der Waals surface area contributed by atoms with Gasteiger partial charge in [0, 0.05) is 22.2 Å². The molecule has 0 saturated heterocycles. The Hall–Kier alpha value is -1.96. The predicted octanol–water partition coefficient (Wildman–Crippen LogP) is 2.73. The van der Waals surface area contributed by atoms with Gasteiger partial charge in [-0.1, -0.05) is 29.8 Å². The van der Waals surface area contributed by atoms with Crippen molar-refractivity contribution in [3.8, 4) is 0 Å². The highest BCUT2D eigenvalue weighted by Crippen LogP contribution is 2.23. The lowest BCUT2D eigenvalue weighted by Gasteiger charge is -2.28. The van der Waals surface area contributed by atoms with Gasteiger partial charge >= 0.3 is 5.97 Å². The fourth-order valence-corrected chi connectivity index (χ4v) is 2.36. The van der Waals surface area contributed by atoms with Crippen molar-refractivity contribution in [3.63, 3.8) is 0 Å². The molecule has 0 saturated carbocycles. The number of carbonyl (C=O) groups is 2. The molecule has 21 heavy (non-hydrogen) atoms. The summed E-state index contributed by atoms with van der Waals surface area (Å²) in [7, 11) is 0. The van der Waals surface area contributed by atoms with Crippen LogP contribution in [-0.2, 0) is 4.79 Å². The first-order valence-corrected chi connectivity index (χ1v) is 7.06. The van der Waals surface area contributed by atoms with Crippen LogP contribution in [-0.4, -0.2) is 27.4 Å². The van der Waals surface area contributed by atoms with E-state index in [4.69, 9.17) is 0 Å². The molecule has 114 valence electrons. The molecule has 0 aromatic heterocycles. The summed E-state index contributed by atoms with van der Waals surface area (Å²) in [4.78, 5) is 33.7. The minimum Gasteiger partial charge on any atom is -0.480 e. The number of halogens is 1. The first-order valence-electron chi connectivity index (χ1n) is 6.26. The average molecular weight is 359 g/mol. The zero-order valence-electron chi connectivity index (χ0n) is 11.6. The molecule has 1 rings (SSSR count). The minimum atomic E-state index is -1.38. The summed E-state index contributed by atoms with van der Waals surface area (Å²) in [6.07, 6.45) is 0.418. The summed E-state index contributed by atoms with van der Waals surface area (Å²) in [5.74, 6) is -1.80. The second kappa shape index (κ2) is 6.66. The van der Waals surface area contributed by atoms with Crippen LogP contribution in [0, 0.1) is 10.1 Å². The number of hydrogen-bond acceptors (Lipinski definition) is 4. The van der Waals surface area contributed by atoms with Crippen molar-refractivity contribution in [2.75, 3.05) is 0 Å². The Labute approximate surface area is 129 Å². The maximum atomic E-state index is 12.2. The lowest BCUT2D eigenvalue weighted by Crippen LogP contribution is -2.53. The SMILES string of the molecule is CCC(CC)(NC(=O)c1cc(Br)cc([N+](=O)[O-])c1)C(=O)O. The van der Waals surface area contributed by atoms with Gasteiger partial charge in [0.2, 0.25) is 0 Å². The van der Waals surface area contributed by atoms with E-state index in [2.05, 4.69) is 21.2 Å². The Morgan fingerprint density at radius 3 is 2.33 bits per heavy atom. The number of aliphatic carboxylic acids is 1. The van der Waals surface area contributed by atoms with Crippen molar-refractivity contribution in [2.45, 2.75) is 32.2 Å². The summed E-state index contributed by atoms with van der Waals surface area (Å²) in [5, 5.41) is 22.5. The third-order valence-corrected chi connectivity index (χ3v) is 3.78. The van der Waals surface area contributed by atoms with E-state index in [0.717, 1.165) is 6.07 Å². The number of nitro benzene ring substituents is 1. The summed E-state index contributed by atoms with van der Waals surface area (Å²) in [6, 6.07) is 3.78. The second-order valence-electron chi connectivity index (χ2n) is 4.50. The van der Waals surface area contributed by atoms with E-state index in [-0.39, 0.29) is 24.1 Å². The predicted molar refractivity (Wildman–Crippen MR) is 79.2 cm³/mol. The van der Waals surface area contributed by atoms with Gasteiger partial charge in [-0.2, -0.15) is 0 Å². The third-order valence-electron chi connectivity index (χ3n) is 3.32. The molecule has 0 aliphatic heterocycles. The quantitative estimate of drug-likeness (QED) is 0.600. The first-order chi connectivity index (χ1) is 9.75. The van der Waals surface area contributed by atoms with Crippen LogP contribution in [0.1, 0.15) is 37.0 Å². The molecule has 7 nitrogen and oxygen atoms in total. The largest absolute Gasteiger partial charge is 0.480 e. The van der Waals surface area contributed by atoms with Crippen LogP contribution in [0.4, 0.5) is 5.69 Å². The van der Waals surface area contributed by atoms with Crippen molar-refractivity contribution in [1.82, 2.24) is 5.32 Å². The van der Waals surface area contributed by atoms with Crippen molar-refractivity contribution in [3.05, 3.63) is 38.3 Å². The minimum absolute atomic E-state index is 0.0311. The fourth-order valence-electron chi connectivity index (χ4n) is 1.88. The highest BCUT2D eigenvalue weighted by Gasteiger charge is 2.36. The Kier molecular flexibility index (Phi) is 5.42. The molecule has 1 aromatic rings. The van der Waals surface area contributed by atoms with E-state index < -0.39 is 22.3 Å². The Morgan fingerprint density at radius 2 is 1.90 bits per heavy atom. The Morgan fingerprint density at radius 1 is 1.33 bits per heavy atom. The van der Waals surface area contributed by atoms with Crippen molar-refractivity contribution >= 4 is 33.5 Å². The molecule has 0 aliphatic rings. The van der Waals surface area contributed by atoms with Crippen LogP contribution < -0.4 is 5.32 Å². The number of amides is 1. The topological polar surface area (TPSA) is 110 Å². The number of carboxylic acid groups (broad SMARTS) is 1. The Balaban J connectivity index is 3.14. The summed E-state index contributed by atoms with van der Waals surface area (Å²) >= 11 is 3.09. The number of carbonyl (C=O) groups excluding carboxylic acids is 1. The molecular formula is C13H15BrN2O5. The van der Waals surface area contributed by atoms with Crippen LogP contribution in [0.3, 0.4) is 0 Å². The molecule has 0 unspecified atom stereocenters. The van der Waals surface area contributed by atoms with E-state index in [0.29, 0.717) is 4.47 Å². The van der Waals surface area contributed by atoms with Gasteiger partial charge in [0.25, 0.3) is 11.6 Å². The molecule has 0 atom stereocenters. The smallest absolute Gasteiger partial charge is 0.329 e. The molecule has 0 radical (unpaired) electrons. The molecule has 0 spiro atoms. The van der Waals surface area contributed by atoms with E-state index in [1.165, 1.54) is 12.1 Å². The second-order valence-corrected chi connectivity index (χ2v) is 5.42. The van der Waals surface area contributed by atoms with E-state index in [9.17, 15) is 24.8 Å². The number of rotatable bonds is 6. The molecule has 0 aliphatic carbocycles. The molecule has 1 amide bonds. The summed E-state index contributed by atoms with van der Waals surface area (Å²) in [6.45, 7) is 3.31. The normalized spacial score (nSPS) is 11.0. The highest BCUT2D eigenvalue weighted by molar-refractivity contribution is 9.10. The van der Waals surface area contributed by atoms with Crippen molar-refractivity contribution < 1.29 is 19.6 Å². The zero-order valence-corrected chi connectivity index (χ0v) is 13.1. The molecule has 8 heteroatoms. The lowest BCUT2D eigenvalue weighted by atomic mass is 9.92. The van der Waals surface area contributed by atoms with Gasteiger partial charge in [-0.15, -0.1) is 0 Å². The van der Waals surface area contributed by atoms with Gasteiger partial charge < -0.3 is 10.4 Å². The molecule has 0 fully saturated rings. The average Bonchev–Trinajstić information content (AvgIpc) is 2.43. The maximum Gasteiger partial charge on any atom is 0.329 e. The van der Waals surface area contributed by atoms with Gasteiger partial charge in [0.1, 0.15) is 5.54 Å². The number of nitro groups is 1. The number of benzene rings is 1. The van der Waals surface area contributed by atoms with Crippen LogP contribution in [0.5, 0.6) is 0 Å². The van der Waals surface area contributed by atoms with Gasteiger partial charge in [0.05, 0.1) is 4.92 Å². The number of nitrogens with one attached hydrogen (secondary N) is 1. The van der Waals surface area contributed by atoms with E-state index in [1.54, 1.807) is 13.8 Å². The first kappa shape index (κ1) is 17.1. The maximum absolute atomic E-state index is 12.2. The van der Waals surface area contributed by atoms with Gasteiger partial charge in [0.15, 0.2) is 0 Å². The van der Waals surface area contributed by atoms with Crippen LogP contribution in [0.25, 0.3) is 0 Å². The number of hydrogen-bond donors (Lipinski definition) is 2. The van der Waals surface area contributed by atoms with Crippen molar-refractivity contribution in [2.24, 2.45) is 0 Å². The summed E-state index contributed by atoms with van der Waals surface area (Å²) < 4.78 is 0.371. The van der Waals surface area contributed by atoms with Crippen LogP contribution >= 0.6 is 15.9 Å². The van der Waals surface area contributed by atoms with Gasteiger partial charge in [-0.3, -0.25) is 14.9 Å². The molecule has 0 bridgehead atoms. The number of carboxylic acids is 1. The fraction of sp³-hybridized carbons (Fsp3) is 0.385. The number of nitrogens with zero attached hydrogens (tertiary/aromatic N) is 1. The standard InChI is InChI=1S/C13H15BrN2O5/c1-3-13(4-2,12(18)19)15-11(17)8-5-9(14)7-10(6-8)16(20)21/h5-7H,3-4H2,1-2H3,(H,15,17)(H,18,19). The monoisotopic (exact) mass is 358 g/mol. The molecule has 1 aromatic carbocycles. The molecule has 2 N–H and O–H groups in total. The van der Waals surface area contributed by atoms with Crippen molar-refractivity contribution in [1.29, 1.82) is 0 Å². The molecule has 0 heterocycles. The van der Waals surface area contributed by atoms with Crippen LogP contribution in [0.15, 0.2) is 22.7 Å². The zero-order chi connectivity index (χ0) is 16.2. The van der Waals surface area contributed by atoms with Gasteiger partial charge in [-0.25, -0.2) is 4.79 Å². The third kappa shape index (κ3) is 3.78. The lowest BCUT2D eigenvalue weighted by molar-refractivity contribution is -0.385. The Bertz CT molecular complexity index is 584. The van der Waals surface area contributed by atoms with Gasteiger partial charge in [-0.05, 0) is 18.9 Å². The summed E-state index contributed by atoms with van der Waals surface area (Å²) in [5.41, 5.74) is -1.60. The molecular weight excluding hydrogens is 344 g/mol. The highest BCUT2D eigenvalue weighted by atomic mass is 79.9. The van der Waals surface area contributed by atoms with Crippen LogP contribution in [0.2, 0.25) is 0 Å².